The molecule has 200 valence electrons. The van der Waals surface area contributed by atoms with Gasteiger partial charge in [0.25, 0.3) is 0 Å². The number of thiophene rings is 1. The van der Waals surface area contributed by atoms with Gasteiger partial charge in [-0.25, -0.2) is 19.3 Å². The summed E-state index contributed by atoms with van der Waals surface area (Å²) in [4.78, 5) is 21.6. The first kappa shape index (κ1) is 26.3. The lowest BCUT2D eigenvalue weighted by Crippen LogP contribution is -2.45. The van der Waals surface area contributed by atoms with Crippen LogP contribution in [0.5, 0.6) is 0 Å². The number of ketones is 1. The largest absolute Gasteiger partial charge is 0.369 e. The Hall–Kier alpha value is -3.28. The Bertz CT molecular complexity index is 1390. The van der Waals surface area contributed by atoms with Gasteiger partial charge in [-0.2, -0.15) is 14.6 Å². The molecule has 0 aromatic carbocycles. The average molecular weight is 538 g/mol. The molecule has 2 aliphatic rings. The summed E-state index contributed by atoms with van der Waals surface area (Å²) in [6.07, 6.45) is 9.67. The molecule has 4 aromatic heterocycles. The van der Waals surface area contributed by atoms with Crippen LogP contribution in [0.15, 0.2) is 43.2 Å². The van der Waals surface area contributed by atoms with E-state index in [9.17, 15) is 9.18 Å². The van der Waals surface area contributed by atoms with Gasteiger partial charge in [0.2, 0.25) is 0 Å². The summed E-state index contributed by atoms with van der Waals surface area (Å²) in [5, 5.41) is 8.88. The van der Waals surface area contributed by atoms with E-state index in [1.807, 2.05) is 23.7 Å². The fraction of sp³-hybridized carbons (Fsp3) is 0.444. The molecular formula is C27H32FN7O2S. The van der Waals surface area contributed by atoms with Gasteiger partial charge in [-0.15, -0.1) is 11.3 Å². The van der Waals surface area contributed by atoms with Gasteiger partial charge in [-0.1, -0.05) is 6.07 Å². The number of likely N-dealkylation sites (tertiary alicyclic amines) is 1. The highest BCUT2D eigenvalue weighted by atomic mass is 32.1. The van der Waals surface area contributed by atoms with Crippen molar-refractivity contribution in [2.45, 2.75) is 58.7 Å². The van der Waals surface area contributed by atoms with Crippen molar-refractivity contribution in [3.63, 3.8) is 0 Å². The van der Waals surface area contributed by atoms with Gasteiger partial charge < -0.3 is 9.53 Å². The zero-order valence-corrected chi connectivity index (χ0v) is 22.7. The molecule has 0 unspecified atom stereocenters. The maximum atomic E-state index is 13.9. The van der Waals surface area contributed by atoms with Crippen LogP contribution in [-0.4, -0.2) is 59.9 Å². The monoisotopic (exact) mass is 537 g/mol. The number of fused-ring (bicyclic) bond motifs is 2. The molecule has 4 aromatic rings. The number of pyridine rings is 1. The normalized spacial score (nSPS) is 16.6. The van der Waals surface area contributed by atoms with E-state index in [4.69, 9.17) is 9.84 Å². The first-order chi connectivity index (χ1) is 18.3. The lowest BCUT2D eigenvalue weighted by Gasteiger charge is -2.43. The van der Waals surface area contributed by atoms with Crippen molar-refractivity contribution < 1.29 is 13.9 Å². The Balaban J connectivity index is 0.000000689. The Morgan fingerprint density at radius 3 is 2.74 bits per heavy atom. The van der Waals surface area contributed by atoms with E-state index in [0.717, 1.165) is 66.4 Å². The average Bonchev–Trinajstić information content (AvgIpc) is 3.62. The number of Topliss-reactive ketones (excluding diaryl/α,β-unsaturated/α-hetero) is 1. The van der Waals surface area contributed by atoms with Crippen molar-refractivity contribution >= 4 is 17.1 Å². The van der Waals surface area contributed by atoms with Crippen LogP contribution in [0.3, 0.4) is 0 Å². The number of halogens is 1. The summed E-state index contributed by atoms with van der Waals surface area (Å²) < 4.78 is 23.9. The molecule has 0 amide bonds. The number of carbonyl (C=O) groups excluding carboxylic acids is 1. The van der Waals surface area contributed by atoms with Crippen molar-refractivity contribution in [1.82, 2.24) is 34.4 Å². The zero-order valence-electron chi connectivity index (χ0n) is 21.9. The topological polar surface area (TPSA) is 91.0 Å². The fourth-order valence-electron chi connectivity index (χ4n) is 5.08. The summed E-state index contributed by atoms with van der Waals surface area (Å²) in [7, 11) is 0. The standard InChI is InChI=1S/C24H26FN7OS.C3H6O/c1-17-20(14-32(29-17)23-19(3-2-7-27-23)13-31-16-26-15-28-31)12-30-8-5-24(6-9-30)22-18(4-10-33-24)11-21(25)34-22;1-3(2)4/h2-3,7,11,14-16H,4-6,8-10,12-13H2,1H3;1-2H3. The Labute approximate surface area is 225 Å². The van der Waals surface area contributed by atoms with Crippen molar-refractivity contribution in [2.24, 2.45) is 0 Å². The van der Waals surface area contributed by atoms with Crippen LogP contribution in [0, 0.1) is 12.1 Å². The van der Waals surface area contributed by atoms with Crippen LogP contribution in [0.2, 0.25) is 0 Å². The van der Waals surface area contributed by atoms with Gasteiger partial charge in [0.05, 0.1) is 18.8 Å². The van der Waals surface area contributed by atoms with E-state index in [1.165, 1.54) is 37.1 Å². The van der Waals surface area contributed by atoms with Crippen LogP contribution in [0.25, 0.3) is 5.82 Å². The lowest BCUT2D eigenvalue weighted by molar-refractivity contribution is -0.115. The third-order valence-electron chi connectivity index (χ3n) is 6.88. The van der Waals surface area contributed by atoms with Gasteiger partial charge in [0.1, 0.15) is 24.0 Å². The van der Waals surface area contributed by atoms with E-state index in [0.29, 0.717) is 13.2 Å². The number of hydrogen-bond donors (Lipinski definition) is 0. The molecule has 1 spiro atoms. The molecule has 6 heterocycles. The van der Waals surface area contributed by atoms with Gasteiger partial charge in [0.15, 0.2) is 10.9 Å². The highest BCUT2D eigenvalue weighted by molar-refractivity contribution is 7.10. The van der Waals surface area contributed by atoms with Crippen molar-refractivity contribution in [1.29, 1.82) is 0 Å². The van der Waals surface area contributed by atoms with Crippen LogP contribution < -0.4 is 0 Å². The first-order valence-corrected chi connectivity index (χ1v) is 13.6. The van der Waals surface area contributed by atoms with E-state index < -0.39 is 0 Å². The number of aryl methyl sites for hydroxylation is 1. The molecule has 9 nitrogen and oxygen atoms in total. The summed E-state index contributed by atoms with van der Waals surface area (Å²) in [6, 6.07) is 5.66. The quantitative estimate of drug-likeness (QED) is 0.379. The molecule has 0 N–H and O–H groups in total. The minimum atomic E-state index is -0.317. The number of hydrogen-bond acceptors (Lipinski definition) is 8. The lowest BCUT2D eigenvalue weighted by atomic mass is 9.85. The van der Waals surface area contributed by atoms with Crippen molar-refractivity contribution in [3.8, 4) is 5.82 Å². The van der Waals surface area contributed by atoms with Gasteiger partial charge in [0, 0.05) is 48.0 Å². The maximum Gasteiger partial charge on any atom is 0.177 e. The second-order valence-electron chi connectivity index (χ2n) is 9.95. The predicted molar refractivity (Wildman–Crippen MR) is 142 cm³/mol. The number of nitrogens with zero attached hydrogens (tertiary/aromatic N) is 7. The van der Waals surface area contributed by atoms with Crippen LogP contribution in [0.1, 0.15) is 54.0 Å². The third kappa shape index (κ3) is 5.74. The molecule has 6 rings (SSSR count). The molecule has 1 saturated heterocycles. The van der Waals surface area contributed by atoms with E-state index in [2.05, 4.69) is 26.2 Å². The third-order valence-corrected chi connectivity index (χ3v) is 8.04. The molecule has 0 atom stereocenters. The summed E-state index contributed by atoms with van der Waals surface area (Å²) in [6.45, 7) is 8.99. The van der Waals surface area contributed by atoms with E-state index in [1.54, 1.807) is 23.3 Å². The highest BCUT2D eigenvalue weighted by Crippen LogP contribution is 2.45. The summed E-state index contributed by atoms with van der Waals surface area (Å²) >= 11 is 1.27. The molecule has 38 heavy (non-hydrogen) atoms. The summed E-state index contributed by atoms with van der Waals surface area (Å²) in [5.74, 6) is 0.966. The van der Waals surface area contributed by atoms with Gasteiger partial charge in [-0.3, -0.25) is 4.90 Å². The maximum absolute atomic E-state index is 13.9. The Morgan fingerprint density at radius 2 is 2.00 bits per heavy atom. The smallest absolute Gasteiger partial charge is 0.177 e. The zero-order chi connectivity index (χ0) is 26.7. The van der Waals surface area contributed by atoms with Gasteiger partial charge in [-0.05, 0) is 57.7 Å². The van der Waals surface area contributed by atoms with Crippen LogP contribution in [-0.2, 0) is 34.6 Å². The molecule has 1 fully saturated rings. The molecule has 0 radical (unpaired) electrons. The highest BCUT2D eigenvalue weighted by Gasteiger charge is 2.42. The van der Waals surface area contributed by atoms with Crippen molar-refractivity contribution in [3.05, 3.63) is 75.6 Å². The summed E-state index contributed by atoms with van der Waals surface area (Å²) in [5.41, 5.74) is 4.02. The number of ether oxygens (including phenoxy) is 1. The van der Waals surface area contributed by atoms with E-state index in [-0.39, 0.29) is 16.5 Å². The first-order valence-electron chi connectivity index (χ1n) is 12.8. The minimum absolute atomic E-state index is 0.0990. The second kappa shape index (κ2) is 11.2. The SMILES string of the molecule is CC(C)=O.Cc1nn(-c2ncccc2Cn2cncn2)cc1CN1CCC2(CC1)OCCc1cc(F)sc12. The minimum Gasteiger partial charge on any atom is -0.369 e. The van der Waals surface area contributed by atoms with Crippen LogP contribution >= 0.6 is 11.3 Å². The van der Waals surface area contributed by atoms with Crippen LogP contribution in [0.4, 0.5) is 4.39 Å². The van der Waals surface area contributed by atoms with Gasteiger partial charge >= 0.3 is 0 Å². The molecule has 0 bridgehead atoms. The molecule has 0 saturated carbocycles. The molecule has 2 aliphatic heterocycles. The Kier molecular flexibility index (Phi) is 7.78. The predicted octanol–water partition coefficient (Wildman–Crippen LogP) is 4.08. The van der Waals surface area contributed by atoms with E-state index >= 15 is 0 Å². The number of rotatable bonds is 5. The second-order valence-corrected chi connectivity index (χ2v) is 10.9. The number of carbonyl (C=O) groups is 1. The molecule has 11 heteroatoms. The Morgan fingerprint density at radius 1 is 1.21 bits per heavy atom. The number of piperidine rings is 1. The fourth-order valence-corrected chi connectivity index (χ4v) is 6.22. The number of aromatic nitrogens is 6. The molecule has 0 aliphatic carbocycles. The van der Waals surface area contributed by atoms with Crippen molar-refractivity contribution in [2.75, 3.05) is 19.7 Å². The molecular weight excluding hydrogens is 505 g/mol.